The molecule has 3 heteroatoms. The quantitative estimate of drug-likeness (QED) is 0.796. The molecule has 0 bridgehead atoms. The maximum absolute atomic E-state index is 5.95. The molecule has 2 aliphatic rings. The Kier molecular flexibility index (Phi) is 4.22. The molecule has 0 saturated carbocycles. The van der Waals surface area contributed by atoms with Crippen LogP contribution >= 0.6 is 0 Å². The maximum atomic E-state index is 5.95. The molecule has 0 amide bonds. The Morgan fingerprint density at radius 2 is 2.25 bits per heavy atom. The van der Waals surface area contributed by atoms with E-state index >= 15 is 0 Å². The van der Waals surface area contributed by atoms with E-state index in [1.54, 1.807) is 0 Å². The Balaban J connectivity index is 1.91. The summed E-state index contributed by atoms with van der Waals surface area (Å²) in [5.41, 5.74) is 0.321. The van der Waals surface area contributed by atoms with Gasteiger partial charge in [-0.25, -0.2) is 0 Å². The Labute approximate surface area is 98.9 Å². The predicted octanol–water partition coefficient (Wildman–Crippen LogP) is 1.96. The molecule has 0 radical (unpaired) electrons. The van der Waals surface area contributed by atoms with Crippen molar-refractivity contribution in [3.05, 3.63) is 0 Å². The van der Waals surface area contributed by atoms with Crippen LogP contribution in [0.4, 0.5) is 0 Å². The van der Waals surface area contributed by atoms with E-state index < -0.39 is 0 Å². The van der Waals surface area contributed by atoms with Gasteiger partial charge in [0.1, 0.15) is 0 Å². The van der Waals surface area contributed by atoms with Gasteiger partial charge in [-0.1, -0.05) is 0 Å². The highest BCUT2D eigenvalue weighted by Crippen LogP contribution is 2.37. The second-order valence-electron chi connectivity index (χ2n) is 5.54. The molecule has 2 fully saturated rings. The molecule has 3 unspecified atom stereocenters. The minimum atomic E-state index is 0.321. The van der Waals surface area contributed by atoms with E-state index in [9.17, 15) is 0 Å². The van der Waals surface area contributed by atoms with E-state index in [1.165, 1.54) is 25.7 Å². The third-order valence-electron chi connectivity index (χ3n) is 3.94. The average molecular weight is 227 g/mol. The van der Waals surface area contributed by atoms with Crippen LogP contribution in [0.2, 0.25) is 0 Å². The van der Waals surface area contributed by atoms with Crippen molar-refractivity contribution in [1.82, 2.24) is 5.32 Å². The number of nitrogens with one attached hydrogen (secondary N) is 1. The molecule has 0 aromatic carbocycles. The second-order valence-corrected chi connectivity index (χ2v) is 5.54. The SMILES string of the molecule is CNCC1(CC2CCC(C)O2)CCCOC1. The van der Waals surface area contributed by atoms with Crippen molar-refractivity contribution < 1.29 is 9.47 Å². The predicted molar refractivity (Wildman–Crippen MR) is 64.6 cm³/mol. The monoisotopic (exact) mass is 227 g/mol. The molecule has 94 valence electrons. The minimum absolute atomic E-state index is 0.321. The lowest BCUT2D eigenvalue weighted by molar-refractivity contribution is -0.0468. The highest BCUT2D eigenvalue weighted by Gasteiger charge is 2.37. The van der Waals surface area contributed by atoms with Crippen molar-refractivity contribution in [3.63, 3.8) is 0 Å². The lowest BCUT2D eigenvalue weighted by atomic mass is 9.77. The first kappa shape index (κ1) is 12.3. The van der Waals surface area contributed by atoms with Gasteiger partial charge in [0.05, 0.1) is 18.8 Å². The third kappa shape index (κ3) is 2.96. The van der Waals surface area contributed by atoms with Crippen LogP contribution < -0.4 is 5.32 Å². The third-order valence-corrected chi connectivity index (χ3v) is 3.94. The van der Waals surface area contributed by atoms with Gasteiger partial charge in [0.25, 0.3) is 0 Å². The molecule has 3 atom stereocenters. The van der Waals surface area contributed by atoms with Crippen LogP contribution in [-0.2, 0) is 9.47 Å². The van der Waals surface area contributed by atoms with Gasteiger partial charge in [0, 0.05) is 18.6 Å². The Morgan fingerprint density at radius 1 is 1.38 bits per heavy atom. The molecule has 2 aliphatic heterocycles. The smallest absolute Gasteiger partial charge is 0.0586 e. The van der Waals surface area contributed by atoms with Gasteiger partial charge in [-0.3, -0.25) is 0 Å². The van der Waals surface area contributed by atoms with E-state index in [1.807, 2.05) is 7.05 Å². The molecular weight excluding hydrogens is 202 g/mol. The van der Waals surface area contributed by atoms with Crippen LogP contribution in [0.5, 0.6) is 0 Å². The zero-order chi connectivity index (χ0) is 11.4. The molecule has 16 heavy (non-hydrogen) atoms. The van der Waals surface area contributed by atoms with Crippen molar-refractivity contribution in [1.29, 1.82) is 0 Å². The Hall–Kier alpha value is -0.120. The summed E-state index contributed by atoms with van der Waals surface area (Å²) in [5, 5.41) is 3.33. The topological polar surface area (TPSA) is 30.5 Å². The molecule has 0 aromatic heterocycles. The first-order chi connectivity index (χ1) is 7.74. The normalized spacial score (nSPS) is 40.1. The summed E-state index contributed by atoms with van der Waals surface area (Å²) < 4.78 is 11.6. The molecular formula is C13H25NO2. The Morgan fingerprint density at radius 3 is 2.81 bits per heavy atom. The molecule has 0 aromatic rings. The van der Waals surface area contributed by atoms with Crippen LogP contribution in [0.25, 0.3) is 0 Å². The zero-order valence-corrected chi connectivity index (χ0v) is 10.6. The summed E-state index contributed by atoms with van der Waals surface area (Å²) in [5.74, 6) is 0. The van der Waals surface area contributed by atoms with Gasteiger partial charge in [0.15, 0.2) is 0 Å². The second kappa shape index (κ2) is 5.48. The fourth-order valence-electron chi connectivity index (χ4n) is 3.18. The van der Waals surface area contributed by atoms with Gasteiger partial charge >= 0.3 is 0 Å². The van der Waals surface area contributed by atoms with E-state index in [0.29, 0.717) is 17.6 Å². The van der Waals surface area contributed by atoms with Gasteiger partial charge in [-0.15, -0.1) is 0 Å². The first-order valence-corrected chi connectivity index (χ1v) is 6.62. The molecule has 2 saturated heterocycles. The van der Waals surface area contributed by atoms with Crippen molar-refractivity contribution in [2.45, 2.75) is 51.2 Å². The van der Waals surface area contributed by atoms with Crippen LogP contribution in [0, 0.1) is 5.41 Å². The number of rotatable bonds is 4. The Bertz CT molecular complexity index is 208. The van der Waals surface area contributed by atoms with E-state index in [2.05, 4.69) is 12.2 Å². The fraction of sp³-hybridized carbons (Fsp3) is 1.00. The summed E-state index contributed by atoms with van der Waals surface area (Å²) in [4.78, 5) is 0. The standard InChI is InChI=1S/C13H25NO2/c1-11-4-5-12(16-11)8-13(9-14-2)6-3-7-15-10-13/h11-12,14H,3-10H2,1-2H3. The van der Waals surface area contributed by atoms with E-state index in [-0.39, 0.29) is 0 Å². The van der Waals surface area contributed by atoms with Crippen LogP contribution in [-0.4, -0.2) is 39.0 Å². The van der Waals surface area contributed by atoms with Crippen molar-refractivity contribution >= 4 is 0 Å². The molecule has 2 heterocycles. The average Bonchev–Trinajstić information content (AvgIpc) is 2.65. The lowest BCUT2D eigenvalue weighted by Gasteiger charge is -2.38. The van der Waals surface area contributed by atoms with Gasteiger partial charge < -0.3 is 14.8 Å². The summed E-state index contributed by atoms with van der Waals surface area (Å²) >= 11 is 0. The molecule has 0 spiro atoms. The van der Waals surface area contributed by atoms with Crippen LogP contribution in [0.3, 0.4) is 0 Å². The zero-order valence-electron chi connectivity index (χ0n) is 10.6. The van der Waals surface area contributed by atoms with Gasteiger partial charge in [0.2, 0.25) is 0 Å². The highest BCUT2D eigenvalue weighted by molar-refractivity contribution is 4.88. The summed E-state index contributed by atoms with van der Waals surface area (Å²) in [6.07, 6.45) is 7.02. The fourth-order valence-corrected chi connectivity index (χ4v) is 3.18. The van der Waals surface area contributed by atoms with Crippen molar-refractivity contribution in [2.24, 2.45) is 5.41 Å². The molecule has 3 nitrogen and oxygen atoms in total. The van der Waals surface area contributed by atoms with Crippen LogP contribution in [0.15, 0.2) is 0 Å². The largest absolute Gasteiger partial charge is 0.381 e. The van der Waals surface area contributed by atoms with Crippen molar-refractivity contribution in [3.8, 4) is 0 Å². The lowest BCUT2D eigenvalue weighted by Crippen LogP contribution is -2.42. The van der Waals surface area contributed by atoms with Crippen LogP contribution in [0.1, 0.15) is 39.0 Å². The summed E-state index contributed by atoms with van der Waals surface area (Å²) in [6.45, 7) is 5.08. The summed E-state index contributed by atoms with van der Waals surface area (Å²) in [6, 6.07) is 0. The first-order valence-electron chi connectivity index (χ1n) is 6.62. The van der Waals surface area contributed by atoms with E-state index in [4.69, 9.17) is 9.47 Å². The molecule has 1 N–H and O–H groups in total. The molecule has 2 rings (SSSR count). The molecule has 0 aliphatic carbocycles. The van der Waals surface area contributed by atoms with Crippen molar-refractivity contribution in [2.75, 3.05) is 26.8 Å². The number of ether oxygens (including phenoxy) is 2. The van der Waals surface area contributed by atoms with Gasteiger partial charge in [-0.05, 0) is 46.1 Å². The van der Waals surface area contributed by atoms with E-state index in [0.717, 1.165) is 26.2 Å². The minimum Gasteiger partial charge on any atom is -0.381 e. The highest BCUT2D eigenvalue weighted by atomic mass is 16.5. The maximum Gasteiger partial charge on any atom is 0.0586 e. The summed E-state index contributed by atoms with van der Waals surface area (Å²) in [7, 11) is 2.04. The number of hydrogen-bond acceptors (Lipinski definition) is 3. The number of hydrogen-bond donors (Lipinski definition) is 1. The van der Waals surface area contributed by atoms with Gasteiger partial charge in [-0.2, -0.15) is 0 Å².